The molecule has 0 saturated carbocycles. The van der Waals surface area contributed by atoms with Crippen LogP contribution in [-0.2, 0) is 11.2 Å². The molecule has 0 saturated heterocycles. The molecule has 4 nitrogen and oxygen atoms in total. The molecule has 1 unspecified atom stereocenters. The summed E-state index contributed by atoms with van der Waals surface area (Å²) in [5.41, 5.74) is 1.34. The van der Waals surface area contributed by atoms with Gasteiger partial charge in [-0.2, -0.15) is 0 Å². The average molecular weight is 369 g/mol. The lowest BCUT2D eigenvalue weighted by Crippen LogP contribution is -2.42. The summed E-state index contributed by atoms with van der Waals surface area (Å²) >= 11 is 0. The third-order valence-electron chi connectivity index (χ3n) is 4.92. The fraction of sp³-hybridized carbons (Fsp3) is 0.0833. The third-order valence-corrected chi connectivity index (χ3v) is 4.92. The summed E-state index contributed by atoms with van der Waals surface area (Å²) in [6.07, 6.45) is 0.208. The minimum absolute atomic E-state index is 0.208. The fourth-order valence-electron chi connectivity index (χ4n) is 3.55. The molecule has 4 rings (SSSR count). The van der Waals surface area contributed by atoms with Gasteiger partial charge in [0.2, 0.25) is 0 Å². The van der Waals surface area contributed by atoms with Gasteiger partial charge in [0.05, 0.1) is 0 Å². The second kappa shape index (κ2) is 7.53. The lowest BCUT2D eigenvalue weighted by molar-refractivity contribution is -0.139. The number of hydrogen-bond acceptors (Lipinski definition) is 2. The smallest absolute Gasteiger partial charge is 0.326 e. The summed E-state index contributed by atoms with van der Waals surface area (Å²) in [6, 6.07) is 25.6. The van der Waals surface area contributed by atoms with Crippen LogP contribution in [0.5, 0.6) is 0 Å². The van der Waals surface area contributed by atoms with E-state index in [2.05, 4.69) is 11.4 Å². The van der Waals surface area contributed by atoms with Gasteiger partial charge in [-0.15, -0.1) is 0 Å². The Hall–Kier alpha value is -3.66. The Balaban J connectivity index is 1.71. The van der Waals surface area contributed by atoms with Crippen molar-refractivity contribution in [1.29, 1.82) is 0 Å². The monoisotopic (exact) mass is 369 g/mol. The summed E-state index contributed by atoms with van der Waals surface area (Å²) in [6.45, 7) is 0. The number of hydrogen-bond donors (Lipinski definition) is 2. The molecule has 1 atom stereocenters. The molecule has 4 aromatic carbocycles. The quantitative estimate of drug-likeness (QED) is 0.512. The normalized spacial score (nSPS) is 12.0. The van der Waals surface area contributed by atoms with Crippen LogP contribution in [0.1, 0.15) is 15.9 Å². The fourth-order valence-corrected chi connectivity index (χ4v) is 3.55. The first kappa shape index (κ1) is 17.7. The first-order valence-electron chi connectivity index (χ1n) is 9.11. The van der Waals surface area contributed by atoms with Crippen LogP contribution in [0.2, 0.25) is 0 Å². The number of carbonyl (C=O) groups is 2. The van der Waals surface area contributed by atoms with Crippen molar-refractivity contribution in [3.05, 3.63) is 96.1 Å². The Morgan fingerprint density at radius 2 is 1.39 bits per heavy atom. The van der Waals surface area contributed by atoms with E-state index in [0.717, 1.165) is 27.1 Å². The summed E-state index contributed by atoms with van der Waals surface area (Å²) in [5, 5.41) is 16.6. The van der Waals surface area contributed by atoms with Crippen molar-refractivity contribution >= 4 is 33.4 Å². The Labute approximate surface area is 162 Å². The summed E-state index contributed by atoms with van der Waals surface area (Å²) < 4.78 is 0. The van der Waals surface area contributed by atoms with E-state index in [1.54, 1.807) is 24.3 Å². The molecule has 0 aliphatic rings. The number of amides is 1. The second-order valence-corrected chi connectivity index (χ2v) is 6.74. The first-order chi connectivity index (χ1) is 13.6. The minimum atomic E-state index is -1.05. The van der Waals surface area contributed by atoms with Crippen LogP contribution >= 0.6 is 0 Å². The van der Waals surface area contributed by atoms with Crippen molar-refractivity contribution in [1.82, 2.24) is 5.32 Å². The van der Waals surface area contributed by atoms with Gasteiger partial charge in [0.15, 0.2) is 0 Å². The third kappa shape index (κ3) is 3.45. The molecular formula is C24H19NO3. The van der Waals surface area contributed by atoms with Crippen molar-refractivity contribution in [2.45, 2.75) is 12.5 Å². The highest BCUT2D eigenvalue weighted by Crippen LogP contribution is 2.29. The summed E-state index contributed by atoms with van der Waals surface area (Å²) in [5.74, 6) is -1.44. The highest BCUT2D eigenvalue weighted by atomic mass is 16.4. The Kier molecular flexibility index (Phi) is 4.77. The van der Waals surface area contributed by atoms with Crippen LogP contribution in [0.4, 0.5) is 0 Å². The molecule has 1 amide bonds. The predicted molar refractivity (Wildman–Crippen MR) is 110 cm³/mol. The standard InChI is InChI=1S/C24H19NO3/c26-23(16-8-2-1-3-9-16)25-22(24(27)28)15-18-14-17-10-4-5-11-19(17)21-13-7-6-12-20(18)21/h1-14,22H,15H2,(H,25,26)(H,27,28). The van der Waals surface area contributed by atoms with E-state index in [1.165, 1.54) is 0 Å². The van der Waals surface area contributed by atoms with Crippen molar-refractivity contribution in [2.24, 2.45) is 0 Å². The zero-order valence-corrected chi connectivity index (χ0v) is 15.1. The molecule has 0 aliphatic carbocycles. The molecule has 28 heavy (non-hydrogen) atoms. The van der Waals surface area contributed by atoms with Crippen molar-refractivity contribution in [3.8, 4) is 0 Å². The summed E-state index contributed by atoms with van der Waals surface area (Å²) in [7, 11) is 0. The van der Waals surface area contributed by atoms with Crippen LogP contribution in [-0.4, -0.2) is 23.0 Å². The average Bonchev–Trinajstić information content (AvgIpc) is 2.74. The molecule has 0 heterocycles. The maximum Gasteiger partial charge on any atom is 0.326 e. The van der Waals surface area contributed by atoms with Gasteiger partial charge in [0.1, 0.15) is 6.04 Å². The SMILES string of the molecule is O=C(NC(Cc1cc2ccccc2c2ccccc12)C(=O)O)c1ccccc1. The second-order valence-electron chi connectivity index (χ2n) is 6.74. The van der Waals surface area contributed by atoms with E-state index in [0.29, 0.717) is 5.56 Å². The lowest BCUT2D eigenvalue weighted by atomic mass is 9.93. The van der Waals surface area contributed by atoms with Gasteiger partial charge in [-0.05, 0) is 39.2 Å². The van der Waals surface area contributed by atoms with Crippen LogP contribution in [0.15, 0.2) is 84.9 Å². The number of fused-ring (bicyclic) bond motifs is 3. The Bertz CT molecular complexity index is 1170. The first-order valence-corrected chi connectivity index (χ1v) is 9.11. The van der Waals surface area contributed by atoms with Crippen LogP contribution in [0.3, 0.4) is 0 Å². The maximum atomic E-state index is 12.5. The van der Waals surface area contributed by atoms with Gasteiger partial charge in [-0.1, -0.05) is 72.8 Å². The number of nitrogens with one attached hydrogen (secondary N) is 1. The van der Waals surface area contributed by atoms with Gasteiger partial charge in [-0.25, -0.2) is 4.79 Å². The van der Waals surface area contributed by atoms with Crippen LogP contribution < -0.4 is 5.32 Å². The molecule has 0 radical (unpaired) electrons. The summed E-state index contributed by atoms with van der Waals surface area (Å²) in [4.78, 5) is 24.3. The maximum absolute atomic E-state index is 12.5. The van der Waals surface area contributed by atoms with E-state index in [9.17, 15) is 14.7 Å². The molecule has 0 spiro atoms. The van der Waals surface area contributed by atoms with Gasteiger partial charge < -0.3 is 10.4 Å². The highest BCUT2D eigenvalue weighted by molar-refractivity contribution is 6.09. The molecule has 4 heteroatoms. The number of carboxylic acids is 1. The number of carboxylic acid groups (broad SMARTS) is 1. The number of rotatable bonds is 5. The van der Waals surface area contributed by atoms with Crippen molar-refractivity contribution in [3.63, 3.8) is 0 Å². The number of aliphatic carboxylic acids is 1. The van der Waals surface area contributed by atoms with Gasteiger partial charge >= 0.3 is 5.97 Å². The van der Waals surface area contributed by atoms with E-state index in [1.807, 2.05) is 54.6 Å². The van der Waals surface area contributed by atoms with Gasteiger partial charge in [0.25, 0.3) is 5.91 Å². The predicted octanol–water partition coefficient (Wildman–Crippen LogP) is 4.42. The molecule has 4 aromatic rings. The molecule has 0 bridgehead atoms. The van der Waals surface area contributed by atoms with Crippen molar-refractivity contribution < 1.29 is 14.7 Å². The topological polar surface area (TPSA) is 66.4 Å². The molecule has 0 fully saturated rings. The largest absolute Gasteiger partial charge is 0.480 e. The highest BCUT2D eigenvalue weighted by Gasteiger charge is 2.22. The van der Waals surface area contributed by atoms with Crippen molar-refractivity contribution in [2.75, 3.05) is 0 Å². The van der Waals surface area contributed by atoms with E-state index >= 15 is 0 Å². The Morgan fingerprint density at radius 3 is 2.11 bits per heavy atom. The van der Waals surface area contributed by atoms with Crippen LogP contribution in [0.25, 0.3) is 21.5 Å². The lowest BCUT2D eigenvalue weighted by Gasteiger charge is -2.17. The van der Waals surface area contributed by atoms with Gasteiger partial charge in [0, 0.05) is 12.0 Å². The number of benzene rings is 4. The molecule has 0 aromatic heterocycles. The zero-order valence-electron chi connectivity index (χ0n) is 15.1. The van der Waals surface area contributed by atoms with E-state index in [4.69, 9.17) is 0 Å². The number of carbonyl (C=O) groups excluding carboxylic acids is 1. The van der Waals surface area contributed by atoms with Gasteiger partial charge in [-0.3, -0.25) is 4.79 Å². The van der Waals surface area contributed by atoms with E-state index in [-0.39, 0.29) is 6.42 Å². The molecular weight excluding hydrogens is 350 g/mol. The molecule has 138 valence electrons. The molecule has 2 N–H and O–H groups in total. The zero-order chi connectivity index (χ0) is 19.5. The van der Waals surface area contributed by atoms with Crippen LogP contribution in [0, 0.1) is 0 Å². The minimum Gasteiger partial charge on any atom is -0.480 e. The Morgan fingerprint density at radius 1 is 0.786 bits per heavy atom. The van der Waals surface area contributed by atoms with E-state index < -0.39 is 17.9 Å². The molecule has 0 aliphatic heterocycles.